The molecule has 0 aliphatic carbocycles. The normalized spacial score (nSPS) is 15.2. The monoisotopic (exact) mass is 237 g/mol. The second kappa shape index (κ2) is 10.7. The van der Waals surface area contributed by atoms with Crippen LogP contribution in [0.5, 0.6) is 0 Å². The number of halogens is 1. The molecule has 0 fully saturated rings. The van der Waals surface area contributed by atoms with Gasteiger partial charge in [0.15, 0.2) is 0 Å². The Morgan fingerprint density at radius 2 is 1.93 bits per heavy atom. The Balaban J connectivity index is 3.09. The van der Waals surface area contributed by atoms with Crippen LogP contribution in [0.4, 0.5) is 0 Å². The molecule has 0 aromatic rings. The molecule has 0 aromatic carbocycles. The Labute approximate surface area is 98.5 Å². The van der Waals surface area contributed by atoms with E-state index in [1.54, 1.807) is 7.11 Å². The van der Waals surface area contributed by atoms with Crippen molar-refractivity contribution in [2.75, 3.05) is 33.5 Å². The highest BCUT2D eigenvalue weighted by atomic mass is 35.5. The summed E-state index contributed by atoms with van der Waals surface area (Å²) in [5.74, 6) is 0. The van der Waals surface area contributed by atoms with Gasteiger partial charge in [0.1, 0.15) is 0 Å². The molecule has 92 valence electrons. The molecule has 2 atom stereocenters. The molecule has 0 radical (unpaired) electrons. The third-order valence-corrected chi connectivity index (χ3v) is 2.23. The number of hydrogen-bond acceptors (Lipinski definition) is 3. The molecule has 0 bridgehead atoms. The van der Waals surface area contributed by atoms with Crippen molar-refractivity contribution in [1.82, 2.24) is 5.32 Å². The summed E-state index contributed by atoms with van der Waals surface area (Å²) in [4.78, 5) is 0. The van der Waals surface area contributed by atoms with Gasteiger partial charge in [-0.25, -0.2) is 0 Å². The molecular formula is C11H24ClNO2. The fraction of sp³-hybridized carbons (Fsp3) is 1.00. The topological polar surface area (TPSA) is 30.5 Å². The molecule has 1 N–H and O–H groups in total. The van der Waals surface area contributed by atoms with E-state index in [1.165, 1.54) is 0 Å². The van der Waals surface area contributed by atoms with Crippen molar-refractivity contribution in [2.45, 2.75) is 38.1 Å². The molecule has 0 aliphatic heterocycles. The van der Waals surface area contributed by atoms with Crippen molar-refractivity contribution in [3.63, 3.8) is 0 Å². The smallest absolute Gasteiger partial charge is 0.0591 e. The van der Waals surface area contributed by atoms with Gasteiger partial charge in [-0.3, -0.25) is 0 Å². The first kappa shape index (κ1) is 15.2. The van der Waals surface area contributed by atoms with E-state index >= 15 is 0 Å². The predicted molar refractivity (Wildman–Crippen MR) is 64.7 cm³/mol. The van der Waals surface area contributed by atoms with Crippen LogP contribution in [-0.2, 0) is 9.47 Å². The van der Waals surface area contributed by atoms with Crippen LogP contribution in [0.15, 0.2) is 0 Å². The molecule has 0 spiro atoms. The number of ether oxygens (including phenoxy) is 2. The van der Waals surface area contributed by atoms with Gasteiger partial charge in [-0.1, -0.05) is 0 Å². The van der Waals surface area contributed by atoms with Crippen LogP contribution in [0.2, 0.25) is 0 Å². The van der Waals surface area contributed by atoms with Crippen LogP contribution >= 0.6 is 11.6 Å². The van der Waals surface area contributed by atoms with Crippen LogP contribution in [0, 0.1) is 0 Å². The number of rotatable bonds is 10. The maximum absolute atomic E-state index is 5.88. The molecule has 0 saturated heterocycles. The Morgan fingerprint density at radius 1 is 1.20 bits per heavy atom. The maximum Gasteiger partial charge on any atom is 0.0591 e. The Bertz CT molecular complexity index is 134. The Hall–Kier alpha value is 0.170. The number of alkyl halides is 1. The molecule has 4 heteroatoms. The van der Waals surface area contributed by atoms with E-state index in [1.807, 2.05) is 6.92 Å². The number of methoxy groups -OCH3 is 1. The molecule has 0 aromatic heterocycles. The SMILES string of the molecule is COCCCOCCNC(C)CC(C)Cl. The molecule has 0 rings (SSSR count). The third kappa shape index (κ3) is 12.1. The third-order valence-electron chi connectivity index (χ3n) is 2.05. The number of hydrogen-bond donors (Lipinski definition) is 1. The Kier molecular flexibility index (Phi) is 10.8. The van der Waals surface area contributed by atoms with Gasteiger partial charge in [0, 0.05) is 38.3 Å². The fourth-order valence-electron chi connectivity index (χ4n) is 1.36. The largest absolute Gasteiger partial charge is 0.385 e. The summed E-state index contributed by atoms with van der Waals surface area (Å²) in [5.41, 5.74) is 0. The zero-order chi connectivity index (χ0) is 11.5. The summed E-state index contributed by atoms with van der Waals surface area (Å²) in [6.07, 6.45) is 1.95. The average Bonchev–Trinajstić information content (AvgIpc) is 2.15. The van der Waals surface area contributed by atoms with Gasteiger partial charge in [-0.15, -0.1) is 11.6 Å². The molecule has 0 aliphatic rings. The van der Waals surface area contributed by atoms with Crippen molar-refractivity contribution in [1.29, 1.82) is 0 Å². The average molecular weight is 238 g/mol. The van der Waals surface area contributed by atoms with Gasteiger partial charge >= 0.3 is 0 Å². The van der Waals surface area contributed by atoms with Crippen LogP contribution < -0.4 is 5.32 Å². The van der Waals surface area contributed by atoms with Crippen molar-refractivity contribution < 1.29 is 9.47 Å². The predicted octanol–water partition coefficient (Wildman–Crippen LogP) is 2.03. The molecule has 0 saturated carbocycles. The van der Waals surface area contributed by atoms with Gasteiger partial charge in [0.05, 0.1) is 6.61 Å². The standard InChI is InChI=1S/C11H24ClNO2/c1-10(12)9-11(2)13-5-8-15-7-4-6-14-3/h10-11,13H,4-9H2,1-3H3. The summed E-state index contributed by atoms with van der Waals surface area (Å²) < 4.78 is 10.3. The molecule has 3 nitrogen and oxygen atoms in total. The van der Waals surface area contributed by atoms with Crippen LogP contribution in [-0.4, -0.2) is 44.9 Å². The zero-order valence-electron chi connectivity index (χ0n) is 10.1. The molecular weight excluding hydrogens is 214 g/mol. The van der Waals surface area contributed by atoms with E-state index < -0.39 is 0 Å². The summed E-state index contributed by atoms with van der Waals surface area (Å²) >= 11 is 5.88. The van der Waals surface area contributed by atoms with Gasteiger partial charge < -0.3 is 14.8 Å². The van der Waals surface area contributed by atoms with Crippen molar-refractivity contribution in [3.05, 3.63) is 0 Å². The van der Waals surface area contributed by atoms with Crippen molar-refractivity contribution >= 4 is 11.6 Å². The number of nitrogens with one attached hydrogen (secondary N) is 1. The first-order valence-electron chi connectivity index (χ1n) is 5.61. The van der Waals surface area contributed by atoms with Gasteiger partial charge in [0.25, 0.3) is 0 Å². The summed E-state index contributed by atoms with van der Waals surface area (Å²) in [6, 6.07) is 0.458. The second-order valence-electron chi connectivity index (χ2n) is 3.83. The highest BCUT2D eigenvalue weighted by molar-refractivity contribution is 6.20. The van der Waals surface area contributed by atoms with E-state index in [-0.39, 0.29) is 5.38 Å². The first-order valence-corrected chi connectivity index (χ1v) is 6.04. The van der Waals surface area contributed by atoms with Crippen molar-refractivity contribution in [3.8, 4) is 0 Å². The Morgan fingerprint density at radius 3 is 2.53 bits per heavy atom. The van der Waals surface area contributed by atoms with E-state index in [2.05, 4.69) is 12.2 Å². The van der Waals surface area contributed by atoms with E-state index in [4.69, 9.17) is 21.1 Å². The van der Waals surface area contributed by atoms with Crippen LogP contribution in [0.3, 0.4) is 0 Å². The minimum atomic E-state index is 0.232. The molecule has 0 amide bonds. The summed E-state index contributed by atoms with van der Waals surface area (Å²) in [5, 5.41) is 3.60. The molecule has 15 heavy (non-hydrogen) atoms. The molecule has 0 heterocycles. The summed E-state index contributed by atoms with van der Waals surface area (Å²) in [7, 11) is 1.70. The van der Waals surface area contributed by atoms with E-state index in [0.29, 0.717) is 6.04 Å². The highest BCUT2D eigenvalue weighted by Crippen LogP contribution is 2.03. The van der Waals surface area contributed by atoms with Crippen molar-refractivity contribution in [2.24, 2.45) is 0 Å². The van der Waals surface area contributed by atoms with Crippen LogP contribution in [0.1, 0.15) is 26.7 Å². The maximum atomic E-state index is 5.88. The zero-order valence-corrected chi connectivity index (χ0v) is 10.8. The fourth-order valence-corrected chi connectivity index (χ4v) is 1.62. The lowest BCUT2D eigenvalue weighted by molar-refractivity contribution is 0.103. The van der Waals surface area contributed by atoms with Gasteiger partial charge in [-0.05, 0) is 26.7 Å². The quantitative estimate of drug-likeness (QED) is 0.466. The van der Waals surface area contributed by atoms with Crippen LogP contribution in [0.25, 0.3) is 0 Å². The van der Waals surface area contributed by atoms with Gasteiger partial charge in [-0.2, -0.15) is 0 Å². The second-order valence-corrected chi connectivity index (χ2v) is 4.58. The summed E-state index contributed by atoms with van der Waals surface area (Å²) in [6.45, 7) is 7.34. The first-order chi connectivity index (χ1) is 7.16. The molecule has 2 unspecified atom stereocenters. The minimum absolute atomic E-state index is 0.232. The lowest BCUT2D eigenvalue weighted by atomic mass is 10.2. The van der Waals surface area contributed by atoms with E-state index in [0.717, 1.165) is 39.2 Å². The van der Waals surface area contributed by atoms with E-state index in [9.17, 15) is 0 Å². The van der Waals surface area contributed by atoms with Gasteiger partial charge in [0.2, 0.25) is 0 Å². The highest BCUT2D eigenvalue weighted by Gasteiger charge is 2.04. The lowest BCUT2D eigenvalue weighted by Crippen LogP contribution is -2.31. The minimum Gasteiger partial charge on any atom is -0.385 e. The lowest BCUT2D eigenvalue weighted by Gasteiger charge is -2.14.